The number of hydrogen-bond donors (Lipinski definition) is 1. The van der Waals surface area contributed by atoms with Crippen LogP contribution in [0.25, 0.3) is 0 Å². The summed E-state index contributed by atoms with van der Waals surface area (Å²) in [6.07, 6.45) is 0.641. The van der Waals surface area contributed by atoms with Crippen molar-refractivity contribution >= 4 is 9.84 Å². The van der Waals surface area contributed by atoms with Gasteiger partial charge in [-0.25, -0.2) is 8.42 Å². The minimum Gasteiger partial charge on any atom is -1.00 e. The van der Waals surface area contributed by atoms with Crippen molar-refractivity contribution in [3.05, 3.63) is 0 Å². The van der Waals surface area contributed by atoms with E-state index in [0.29, 0.717) is 6.42 Å². The predicted octanol–water partition coefficient (Wildman–Crippen LogP) is -3.86. The van der Waals surface area contributed by atoms with Crippen molar-refractivity contribution < 1.29 is 20.8 Å². The molecule has 1 fully saturated rings. The molecule has 0 aliphatic carbocycles. The highest BCUT2D eigenvalue weighted by molar-refractivity contribution is 7.91. The van der Waals surface area contributed by atoms with Gasteiger partial charge in [0.2, 0.25) is 0 Å². The molecular weight excluding hydrogens is 162 g/mol. The van der Waals surface area contributed by atoms with Crippen LogP contribution < -0.4 is 18.1 Å². The van der Waals surface area contributed by atoms with Gasteiger partial charge in [0.05, 0.1) is 11.5 Å². The van der Waals surface area contributed by atoms with Crippen LogP contribution in [-0.4, -0.2) is 26.0 Å². The molecular formula is C4H9ClNO2S-. The first-order chi connectivity index (χ1) is 3.60. The van der Waals surface area contributed by atoms with Crippen molar-refractivity contribution in [3.63, 3.8) is 0 Å². The maximum absolute atomic E-state index is 10.6. The monoisotopic (exact) mass is 170 g/mol. The van der Waals surface area contributed by atoms with Gasteiger partial charge >= 0.3 is 0 Å². The second kappa shape index (κ2) is 2.86. The highest BCUT2D eigenvalue weighted by Crippen LogP contribution is 2.07. The summed E-state index contributed by atoms with van der Waals surface area (Å²) in [6.45, 7) is 0. The predicted molar refractivity (Wildman–Crippen MR) is 31.2 cm³/mol. The molecule has 1 aliphatic heterocycles. The van der Waals surface area contributed by atoms with Gasteiger partial charge < -0.3 is 18.1 Å². The van der Waals surface area contributed by atoms with E-state index in [2.05, 4.69) is 0 Å². The molecule has 1 aliphatic rings. The average molecular weight is 171 g/mol. The minimum atomic E-state index is -2.72. The second-order valence-corrected chi connectivity index (χ2v) is 4.39. The molecule has 1 unspecified atom stereocenters. The highest BCUT2D eigenvalue weighted by atomic mass is 35.5. The van der Waals surface area contributed by atoms with Crippen molar-refractivity contribution in [1.29, 1.82) is 0 Å². The number of hydrogen-bond acceptors (Lipinski definition) is 3. The van der Waals surface area contributed by atoms with Crippen LogP contribution >= 0.6 is 0 Å². The second-order valence-electron chi connectivity index (χ2n) is 2.16. The van der Waals surface area contributed by atoms with Gasteiger partial charge in [0.15, 0.2) is 9.84 Å². The molecule has 3 nitrogen and oxygen atoms in total. The summed E-state index contributed by atoms with van der Waals surface area (Å²) in [4.78, 5) is 0. The van der Waals surface area contributed by atoms with Crippen LogP contribution in [0.1, 0.15) is 6.42 Å². The number of halogens is 1. The first kappa shape index (κ1) is 9.20. The van der Waals surface area contributed by atoms with Gasteiger partial charge in [-0.2, -0.15) is 0 Å². The summed E-state index contributed by atoms with van der Waals surface area (Å²) in [7, 11) is -2.72. The van der Waals surface area contributed by atoms with E-state index < -0.39 is 9.84 Å². The van der Waals surface area contributed by atoms with Gasteiger partial charge in [-0.15, -0.1) is 0 Å². The Balaban J connectivity index is 0.000000640. The molecule has 0 spiro atoms. The van der Waals surface area contributed by atoms with E-state index in [4.69, 9.17) is 5.73 Å². The van der Waals surface area contributed by atoms with Gasteiger partial charge in [-0.3, -0.25) is 0 Å². The van der Waals surface area contributed by atoms with E-state index in [-0.39, 0.29) is 30.0 Å². The van der Waals surface area contributed by atoms with E-state index in [9.17, 15) is 8.42 Å². The fraction of sp³-hybridized carbons (Fsp3) is 1.00. The van der Waals surface area contributed by atoms with Crippen molar-refractivity contribution in [2.45, 2.75) is 12.5 Å². The summed E-state index contributed by atoms with van der Waals surface area (Å²) in [5.41, 5.74) is 5.33. The number of nitrogens with two attached hydrogens (primary N) is 1. The minimum absolute atomic E-state index is 0. The third kappa shape index (κ3) is 2.51. The van der Waals surface area contributed by atoms with Gasteiger partial charge in [-0.1, -0.05) is 0 Å². The standard InChI is InChI=1S/C4H9NO2S.ClH/c5-4-1-2-8(6,7)3-4;/h4H,1-3,5H2;1H/p-1. The van der Waals surface area contributed by atoms with Crippen molar-refractivity contribution in [2.24, 2.45) is 5.73 Å². The normalized spacial score (nSPS) is 31.4. The summed E-state index contributed by atoms with van der Waals surface area (Å²) in [5.74, 6) is 0.473. The fourth-order valence-electron chi connectivity index (χ4n) is 0.824. The van der Waals surface area contributed by atoms with E-state index in [1.165, 1.54) is 0 Å². The third-order valence-electron chi connectivity index (χ3n) is 1.27. The Morgan fingerprint density at radius 3 is 2.11 bits per heavy atom. The molecule has 1 rings (SSSR count). The maximum atomic E-state index is 10.6. The fourth-order valence-corrected chi connectivity index (χ4v) is 2.47. The molecule has 0 aromatic heterocycles. The summed E-state index contributed by atoms with van der Waals surface area (Å²) < 4.78 is 21.1. The molecule has 0 bridgehead atoms. The van der Waals surface area contributed by atoms with Crippen LogP contribution in [0.3, 0.4) is 0 Å². The van der Waals surface area contributed by atoms with Crippen molar-refractivity contribution in [1.82, 2.24) is 0 Å². The van der Waals surface area contributed by atoms with Crippen LogP contribution in [0.4, 0.5) is 0 Å². The van der Waals surface area contributed by atoms with Crippen molar-refractivity contribution in [2.75, 3.05) is 11.5 Å². The molecule has 5 heteroatoms. The van der Waals surface area contributed by atoms with E-state index >= 15 is 0 Å². The van der Waals surface area contributed by atoms with Gasteiger partial charge in [0.1, 0.15) is 0 Å². The van der Waals surface area contributed by atoms with Gasteiger partial charge in [0.25, 0.3) is 0 Å². The van der Waals surface area contributed by atoms with E-state index in [1.807, 2.05) is 0 Å². The summed E-state index contributed by atoms with van der Waals surface area (Å²) in [5, 5.41) is 0. The quantitative estimate of drug-likeness (QED) is 0.405. The molecule has 2 N–H and O–H groups in total. The molecule has 56 valence electrons. The molecule has 0 radical (unpaired) electrons. The molecule has 9 heavy (non-hydrogen) atoms. The third-order valence-corrected chi connectivity index (χ3v) is 3.06. The zero-order valence-corrected chi connectivity index (χ0v) is 6.45. The van der Waals surface area contributed by atoms with Crippen LogP contribution in [0.15, 0.2) is 0 Å². The lowest BCUT2D eigenvalue weighted by atomic mass is 10.3. The smallest absolute Gasteiger partial charge is 0.151 e. The van der Waals surface area contributed by atoms with E-state index in [0.717, 1.165) is 0 Å². The maximum Gasteiger partial charge on any atom is 0.151 e. The lowest BCUT2D eigenvalue weighted by Crippen LogP contribution is -3.00. The largest absolute Gasteiger partial charge is 1.00 e. The number of sulfone groups is 1. The van der Waals surface area contributed by atoms with Crippen LogP contribution in [0.2, 0.25) is 0 Å². The Hall–Kier alpha value is 0.200. The Morgan fingerprint density at radius 2 is 2.00 bits per heavy atom. The van der Waals surface area contributed by atoms with Crippen LogP contribution in [0, 0.1) is 0 Å². The van der Waals surface area contributed by atoms with Gasteiger partial charge in [0, 0.05) is 6.04 Å². The Morgan fingerprint density at radius 1 is 1.44 bits per heavy atom. The molecule has 1 heterocycles. The molecule has 1 saturated heterocycles. The Labute approximate surface area is 60.9 Å². The molecule has 0 aromatic carbocycles. The first-order valence-electron chi connectivity index (χ1n) is 2.56. The van der Waals surface area contributed by atoms with Gasteiger partial charge in [-0.05, 0) is 6.42 Å². The summed E-state index contributed by atoms with van der Waals surface area (Å²) >= 11 is 0. The van der Waals surface area contributed by atoms with Crippen LogP contribution in [0.5, 0.6) is 0 Å². The number of rotatable bonds is 0. The molecule has 0 amide bonds. The summed E-state index contributed by atoms with van der Waals surface area (Å²) in [6, 6.07) is -0.0972. The van der Waals surface area contributed by atoms with E-state index in [1.54, 1.807) is 0 Å². The average Bonchev–Trinajstić information content (AvgIpc) is 1.82. The SMILES string of the molecule is NC1CCS(=O)(=O)C1.[Cl-]. The zero-order valence-electron chi connectivity index (χ0n) is 4.88. The Kier molecular flexibility index (Phi) is 2.92. The lowest BCUT2D eigenvalue weighted by Gasteiger charge is -1.91. The Bertz CT molecular complexity index is 177. The lowest BCUT2D eigenvalue weighted by molar-refractivity contribution is -0.00000432. The molecule has 0 aromatic rings. The topological polar surface area (TPSA) is 60.2 Å². The zero-order chi connectivity index (χ0) is 6.20. The molecule has 0 saturated carbocycles. The highest BCUT2D eigenvalue weighted by Gasteiger charge is 2.24. The molecule has 1 atom stereocenters. The van der Waals surface area contributed by atoms with Crippen LogP contribution in [-0.2, 0) is 9.84 Å². The first-order valence-corrected chi connectivity index (χ1v) is 4.38. The van der Waals surface area contributed by atoms with Crippen molar-refractivity contribution in [3.8, 4) is 0 Å².